The monoisotopic (exact) mass is 348 g/mol. The van der Waals surface area contributed by atoms with Gasteiger partial charge in [0, 0.05) is 17.2 Å². The van der Waals surface area contributed by atoms with Gasteiger partial charge in [-0.3, -0.25) is 4.79 Å². The fourth-order valence-corrected chi connectivity index (χ4v) is 4.26. The lowest BCUT2D eigenvalue weighted by atomic mass is 9.85. The highest BCUT2D eigenvalue weighted by atomic mass is 16.4. The number of para-hydroxylation sites is 2. The van der Waals surface area contributed by atoms with E-state index in [0.717, 1.165) is 35.6 Å². The number of anilines is 1. The van der Waals surface area contributed by atoms with Gasteiger partial charge in [0.2, 0.25) is 0 Å². The van der Waals surface area contributed by atoms with Crippen LogP contribution < -0.4 is 4.90 Å². The number of rotatable bonds is 4. The first kappa shape index (κ1) is 16.8. The fraction of sp³-hybridized carbons (Fsp3) is 0.364. The van der Waals surface area contributed by atoms with Gasteiger partial charge in [0.15, 0.2) is 0 Å². The second kappa shape index (κ2) is 7.32. The van der Waals surface area contributed by atoms with Gasteiger partial charge in [0.25, 0.3) is 0 Å². The summed E-state index contributed by atoms with van der Waals surface area (Å²) >= 11 is 0. The average molecular weight is 348 g/mol. The molecule has 2 aromatic carbocycles. The van der Waals surface area contributed by atoms with E-state index in [1.165, 1.54) is 19.3 Å². The molecule has 1 atom stereocenters. The summed E-state index contributed by atoms with van der Waals surface area (Å²) in [5.74, 6) is 0.657. The Morgan fingerprint density at radius 3 is 2.42 bits per heavy atom. The van der Waals surface area contributed by atoms with Gasteiger partial charge in [-0.2, -0.15) is 0 Å². The van der Waals surface area contributed by atoms with Crippen LogP contribution in [0.15, 0.2) is 59.6 Å². The van der Waals surface area contributed by atoms with Gasteiger partial charge in [-0.15, -0.1) is 0 Å². The van der Waals surface area contributed by atoms with E-state index < -0.39 is 5.97 Å². The van der Waals surface area contributed by atoms with E-state index >= 15 is 0 Å². The van der Waals surface area contributed by atoms with Crippen molar-refractivity contribution in [3.8, 4) is 0 Å². The molecular weight excluding hydrogens is 324 g/mol. The Hall–Kier alpha value is -2.62. The summed E-state index contributed by atoms with van der Waals surface area (Å²) < 4.78 is 0. The van der Waals surface area contributed by atoms with Gasteiger partial charge in [0.05, 0.1) is 18.2 Å². The Morgan fingerprint density at radius 1 is 1.00 bits per heavy atom. The zero-order chi connectivity index (χ0) is 17.9. The number of carboxylic acids is 1. The van der Waals surface area contributed by atoms with Crippen LogP contribution >= 0.6 is 0 Å². The second-order valence-electron chi connectivity index (χ2n) is 7.18. The van der Waals surface area contributed by atoms with Crippen molar-refractivity contribution in [2.75, 3.05) is 4.90 Å². The largest absolute Gasteiger partial charge is 0.481 e. The lowest BCUT2D eigenvalue weighted by molar-refractivity contribution is -0.137. The predicted octanol–water partition coefficient (Wildman–Crippen LogP) is 5.33. The van der Waals surface area contributed by atoms with E-state index in [4.69, 9.17) is 4.99 Å². The molecule has 0 spiro atoms. The van der Waals surface area contributed by atoms with Crippen LogP contribution in [0.2, 0.25) is 0 Å². The summed E-state index contributed by atoms with van der Waals surface area (Å²) in [5, 5.41) is 9.59. The van der Waals surface area contributed by atoms with Crippen molar-refractivity contribution < 1.29 is 9.90 Å². The minimum atomic E-state index is -0.782. The van der Waals surface area contributed by atoms with Gasteiger partial charge in [-0.05, 0) is 31.0 Å². The maximum atomic E-state index is 11.7. The maximum Gasteiger partial charge on any atom is 0.305 e. The van der Waals surface area contributed by atoms with Gasteiger partial charge in [-0.25, -0.2) is 4.99 Å². The van der Waals surface area contributed by atoms with Crippen LogP contribution in [-0.4, -0.2) is 16.9 Å². The molecule has 2 aliphatic rings. The smallest absolute Gasteiger partial charge is 0.305 e. The third-order valence-electron chi connectivity index (χ3n) is 5.46. The number of carboxylic acid groups (broad SMARTS) is 1. The molecule has 134 valence electrons. The molecule has 1 N–H and O–H groups in total. The number of aliphatic carboxylic acids is 1. The molecular formula is C22H24N2O2. The Balaban J connectivity index is 1.85. The van der Waals surface area contributed by atoms with Crippen LogP contribution in [0.3, 0.4) is 0 Å². The van der Waals surface area contributed by atoms with Crippen LogP contribution in [0.1, 0.15) is 50.1 Å². The van der Waals surface area contributed by atoms with E-state index in [1.54, 1.807) is 0 Å². The number of aliphatic imine (C=N–C) groups is 1. The fourth-order valence-electron chi connectivity index (χ4n) is 4.26. The van der Waals surface area contributed by atoms with Crippen molar-refractivity contribution in [3.05, 3.63) is 60.2 Å². The van der Waals surface area contributed by atoms with E-state index in [2.05, 4.69) is 17.0 Å². The SMILES string of the molecule is O=C(O)CC1c2ccccc2N=C(C2CCCCC2)N1c1ccccc1. The number of amidine groups is 1. The maximum absolute atomic E-state index is 11.7. The van der Waals surface area contributed by atoms with Crippen LogP contribution in [0.25, 0.3) is 0 Å². The van der Waals surface area contributed by atoms with Crippen LogP contribution in [0.4, 0.5) is 11.4 Å². The minimum absolute atomic E-state index is 0.0671. The predicted molar refractivity (Wildman–Crippen MR) is 104 cm³/mol. The van der Waals surface area contributed by atoms with Crippen molar-refractivity contribution in [2.24, 2.45) is 10.9 Å². The molecule has 1 unspecified atom stereocenters. The minimum Gasteiger partial charge on any atom is -0.481 e. The van der Waals surface area contributed by atoms with E-state index in [-0.39, 0.29) is 12.5 Å². The first-order valence-corrected chi connectivity index (χ1v) is 9.47. The highest BCUT2D eigenvalue weighted by Gasteiger charge is 2.36. The number of nitrogens with zero attached hydrogens (tertiary/aromatic N) is 2. The molecule has 26 heavy (non-hydrogen) atoms. The second-order valence-corrected chi connectivity index (χ2v) is 7.18. The van der Waals surface area contributed by atoms with Gasteiger partial charge in [-0.1, -0.05) is 55.7 Å². The zero-order valence-corrected chi connectivity index (χ0v) is 14.8. The summed E-state index contributed by atoms with van der Waals surface area (Å²) in [4.78, 5) is 18.9. The molecule has 1 aliphatic carbocycles. The van der Waals surface area contributed by atoms with E-state index in [0.29, 0.717) is 5.92 Å². The standard InChI is InChI=1S/C22H24N2O2/c25-21(26)15-20-18-13-7-8-14-19(18)23-22(16-9-3-1-4-10-16)24(20)17-11-5-2-6-12-17/h2,5-8,11-14,16,20H,1,3-4,9-10,15H2,(H,25,26). The summed E-state index contributed by atoms with van der Waals surface area (Å²) in [6, 6.07) is 17.9. The van der Waals surface area contributed by atoms with Crippen molar-refractivity contribution in [1.29, 1.82) is 0 Å². The quantitative estimate of drug-likeness (QED) is 0.812. The summed E-state index contributed by atoms with van der Waals surface area (Å²) in [7, 11) is 0. The molecule has 4 rings (SSSR count). The van der Waals surface area contributed by atoms with Gasteiger partial charge in [0.1, 0.15) is 5.84 Å². The highest BCUT2D eigenvalue weighted by Crippen LogP contribution is 2.42. The first-order chi connectivity index (χ1) is 12.7. The van der Waals surface area contributed by atoms with Crippen LogP contribution in [0, 0.1) is 5.92 Å². The molecule has 1 saturated carbocycles. The molecule has 4 heteroatoms. The average Bonchev–Trinajstić information content (AvgIpc) is 2.68. The molecule has 1 aliphatic heterocycles. The molecule has 0 saturated heterocycles. The number of carbonyl (C=O) groups is 1. The molecule has 0 radical (unpaired) electrons. The highest BCUT2D eigenvalue weighted by molar-refractivity contribution is 6.03. The molecule has 1 fully saturated rings. The Kier molecular flexibility index (Phi) is 4.74. The first-order valence-electron chi connectivity index (χ1n) is 9.47. The summed E-state index contributed by atoms with van der Waals surface area (Å²) in [6.07, 6.45) is 6.05. The Labute approximate surface area is 154 Å². The third-order valence-corrected chi connectivity index (χ3v) is 5.46. The van der Waals surface area contributed by atoms with Crippen molar-refractivity contribution in [3.63, 3.8) is 0 Å². The van der Waals surface area contributed by atoms with Crippen LogP contribution in [-0.2, 0) is 4.79 Å². The molecule has 0 bridgehead atoms. The van der Waals surface area contributed by atoms with Crippen molar-refractivity contribution >= 4 is 23.2 Å². The van der Waals surface area contributed by atoms with E-state index in [1.807, 2.05) is 42.5 Å². The lowest BCUT2D eigenvalue weighted by Crippen LogP contribution is -2.42. The number of benzene rings is 2. The van der Waals surface area contributed by atoms with Crippen molar-refractivity contribution in [2.45, 2.75) is 44.6 Å². The van der Waals surface area contributed by atoms with E-state index in [9.17, 15) is 9.90 Å². The Morgan fingerprint density at radius 2 is 1.69 bits per heavy atom. The van der Waals surface area contributed by atoms with Crippen LogP contribution in [0.5, 0.6) is 0 Å². The number of fused-ring (bicyclic) bond motifs is 1. The molecule has 4 nitrogen and oxygen atoms in total. The topological polar surface area (TPSA) is 52.9 Å². The number of hydrogen-bond acceptors (Lipinski definition) is 3. The normalized spacial score (nSPS) is 20.4. The molecule has 0 aromatic heterocycles. The molecule has 2 aromatic rings. The zero-order valence-electron chi connectivity index (χ0n) is 14.8. The van der Waals surface area contributed by atoms with Gasteiger partial charge >= 0.3 is 5.97 Å². The molecule has 0 amide bonds. The van der Waals surface area contributed by atoms with Gasteiger partial charge < -0.3 is 10.0 Å². The molecule has 1 heterocycles. The lowest BCUT2D eigenvalue weighted by Gasteiger charge is -2.41. The summed E-state index contributed by atoms with van der Waals surface area (Å²) in [5.41, 5.74) is 2.95. The van der Waals surface area contributed by atoms with Crippen molar-refractivity contribution in [1.82, 2.24) is 0 Å². The summed E-state index contributed by atoms with van der Waals surface area (Å²) in [6.45, 7) is 0. The Bertz CT molecular complexity index is 810. The number of hydrogen-bond donors (Lipinski definition) is 1. The third kappa shape index (κ3) is 3.24.